The molecule has 0 fully saturated rings. The van der Waals surface area contributed by atoms with E-state index in [0.29, 0.717) is 0 Å². The Bertz CT molecular complexity index is 361. The second-order valence-electron chi connectivity index (χ2n) is 4.17. The summed E-state index contributed by atoms with van der Waals surface area (Å²) >= 11 is 0. The molecule has 1 aromatic carbocycles. The molecule has 0 heterocycles. The number of hydrogen-bond donors (Lipinski definition) is 2. The topological polar surface area (TPSA) is 58.4 Å². The maximum Gasteiger partial charge on any atom is 0.241 e. The molecule has 0 unspecified atom stereocenters. The van der Waals surface area contributed by atoms with E-state index in [9.17, 15) is 4.79 Å². The van der Waals surface area contributed by atoms with Gasteiger partial charge in [0.1, 0.15) is 0 Å². The van der Waals surface area contributed by atoms with Crippen LogP contribution in [0.15, 0.2) is 24.3 Å². The lowest BCUT2D eigenvalue weighted by atomic mass is 10.1. The van der Waals surface area contributed by atoms with Crippen LogP contribution in [0.1, 0.15) is 12.5 Å². The van der Waals surface area contributed by atoms with Crippen LogP contribution in [-0.4, -0.2) is 30.9 Å². The van der Waals surface area contributed by atoms with Gasteiger partial charge in [-0.1, -0.05) is 18.2 Å². The number of nitrogens with zero attached hydrogens (tertiary/aromatic N) is 1. The summed E-state index contributed by atoms with van der Waals surface area (Å²) < 4.78 is 0. The van der Waals surface area contributed by atoms with Crippen LogP contribution in [0.2, 0.25) is 0 Å². The van der Waals surface area contributed by atoms with Crippen molar-refractivity contribution in [2.45, 2.75) is 19.5 Å². The maximum atomic E-state index is 11.5. The summed E-state index contributed by atoms with van der Waals surface area (Å²) in [6, 6.07) is 7.25. The Labute approximate surface area is 96.4 Å². The summed E-state index contributed by atoms with van der Waals surface area (Å²) in [4.78, 5) is 13.6. The number of amides is 1. The second kappa shape index (κ2) is 5.63. The first-order chi connectivity index (χ1) is 7.50. The molecule has 4 heteroatoms. The van der Waals surface area contributed by atoms with E-state index < -0.39 is 6.04 Å². The smallest absolute Gasteiger partial charge is 0.241 e. The Morgan fingerprint density at radius 2 is 2.06 bits per heavy atom. The summed E-state index contributed by atoms with van der Waals surface area (Å²) in [5, 5.41) is 2.82. The molecule has 1 atom stereocenters. The first-order valence-electron chi connectivity index (χ1n) is 5.30. The fourth-order valence-electron chi connectivity index (χ4n) is 1.37. The second-order valence-corrected chi connectivity index (χ2v) is 4.17. The molecule has 3 N–H and O–H groups in total. The fraction of sp³-hybridized carbons (Fsp3) is 0.417. The highest BCUT2D eigenvalue weighted by Gasteiger charge is 2.10. The van der Waals surface area contributed by atoms with Gasteiger partial charge in [-0.3, -0.25) is 4.79 Å². The van der Waals surface area contributed by atoms with Gasteiger partial charge in [0.05, 0.1) is 6.04 Å². The van der Waals surface area contributed by atoms with Crippen molar-refractivity contribution in [3.05, 3.63) is 29.8 Å². The number of nitrogens with two attached hydrogens (primary N) is 1. The van der Waals surface area contributed by atoms with Gasteiger partial charge in [-0.25, -0.2) is 0 Å². The van der Waals surface area contributed by atoms with Crippen molar-refractivity contribution in [1.29, 1.82) is 0 Å². The first kappa shape index (κ1) is 12.7. The lowest BCUT2D eigenvalue weighted by molar-refractivity contribution is -0.117. The molecule has 0 saturated heterocycles. The third-order valence-electron chi connectivity index (χ3n) is 2.18. The molecule has 1 amide bonds. The Morgan fingerprint density at radius 1 is 1.44 bits per heavy atom. The first-order valence-corrected chi connectivity index (χ1v) is 5.30. The van der Waals surface area contributed by atoms with Crippen LogP contribution < -0.4 is 11.1 Å². The predicted octanol–water partition coefficient (Wildman–Crippen LogP) is 1.03. The normalized spacial score (nSPS) is 12.6. The highest BCUT2D eigenvalue weighted by molar-refractivity contribution is 5.94. The zero-order chi connectivity index (χ0) is 12.1. The molecule has 88 valence electrons. The molecule has 4 nitrogen and oxygen atoms in total. The number of benzene rings is 1. The van der Waals surface area contributed by atoms with E-state index in [2.05, 4.69) is 10.2 Å². The van der Waals surface area contributed by atoms with Crippen LogP contribution >= 0.6 is 0 Å². The molecule has 0 aliphatic carbocycles. The molecule has 0 saturated carbocycles. The van der Waals surface area contributed by atoms with E-state index in [1.807, 2.05) is 38.4 Å². The van der Waals surface area contributed by atoms with Gasteiger partial charge in [0, 0.05) is 12.2 Å². The van der Waals surface area contributed by atoms with E-state index in [1.54, 1.807) is 6.92 Å². The number of rotatable bonds is 4. The zero-order valence-electron chi connectivity index (χ0n) is 10.0. The van der Waals surface area contributed by atoms with E-state index >= 15 is 0 Å². The summed E-state index contributed by atoms with van der Waals surface area (Å²) in [5.74, 6) is -0.161. The summed E-state index contributed by atoms with van der Waals surface area (Å²) in [6.45, 7) is 2.46. The average molecular weight is 221 g/mol. The maximum absolute atomic E-state index is 11.5. The SMILES string of the molecule is C[C@H](N)C(=O)Nc1ccccc1CN(C)C. The molecule has 16 heavy (non-hydrogen) atoms. The van der Waals surface area contributed by atoms with Crippen LogP contribution in [0.3, 0.4) is 0 Å². The van der Waals surface area contributed by atoms with Gasteiger partial charge >= 0.3 is 0 Å². The van der Waals surface area contributed by atoms with E-state index in [-0.39, 0.29) is 5.91 Å². The predicted molar refractivity (Wildman–Crippen MR) is 66.1 cm³/mol. The van der Waals surface area contributed by atoms with Crippen LogP contribution in [0.4, 0.5) is 5.69 Å². The monoisotopic (exact) mass is 221 g/mol. The van der Waals surface area contributed by atoms with Gasteiger partial charge in [-0.2, -0.15) is 0 Å². The summed E-state index contributed by atoms with van der Waals surface area (Å²) in [7, 11) is 3.98. The molecule has 1 aromatic rings. The number of carbonyl (C=O) groups excluding carboxylic acids is 1. The lowest BCUT2D eigenvalue weighted by Crippen LogP contribution is -2.32. The molecule has 0 aliphatic heterocycles. The number of nitrogens with one attached hydrogen (secondary N) is 1. The van der Waals surface area contributed by atoms with E-state index in [4.69, 9.17) is 5.73 Å². The van der Waals surface area contributed by atoms with Crippen LogP contribution in [0.25, 0.3) is 0 Å². The van der Waals surface area contributed by atoms with Gasteiger partial charge in [0.2, 0.25) is 5.91 Å². The largest absolute Gasteiger partial charge is 0.324 e. The minimum atomic E-state index is -0.493. The zero-order valence-corrected chi connectivity index (χ0v) is 10.0. The Hall–Kier alpha value is -1.39. The van der Waals surface area contributed by atoms with Crippen LogP contribution in [0, 0.1) is 0 Å². The van der Waals surface area contributed by atoms with Crippen molar-refractivity contribution >= 4 is 11.6 Å². The standard InChI is InChI=1S/C12H19N3O/c1-9(13)12(16)14-11-7-5-4-6-10(11)8-15(2)3/h4-7,9H,8,13H2,1-3H3,(H,14,16)/t9-/m0/s1. The van der Waals surface area contributed by atoms with E-state index in [0.717, 1.165) is 17.8 Å². The van der Waals surface area contributed by atoms with Gasteiger partial charge in [0.15, 0.2) is 0 Å². The van der Waals surface area contributed by atoms with Crippen molar-refractivity contribution in [3.63, 3.8) is 0 Å². The van der Waals surface area contributed by atoms with Gasteiger partial charge < -0.3 is 16.0 Å². The molecule has 1 rings (SSSR count). The number of para-hydroxylation sites is 1. The molecule has 0 aromatic heterocycles. The summed E-state index contributed by atoms with van der Waals surface area (Å²) in [6.07, 6.45) is 0. The highest BCUT2D eigenvalue weighted by Crippen LogP contribution is 2.16. The van der Waals surface area contributed by atoms with Crippen LogP contribution in [-0.2, 0) is 11.3 Å². The molecule has 0 radical (unpaired) electrons. The third-order valence-corrected chi connectivity index (χ3v) is 2.18. The van der Waals surface area contributed by atoms with Gasteiger partial charge in [-0.15, -0.1) is 0 Å². The third kappa shape index (κ3) is 3.64. The minimum Gasteiger partial charge on any atom is -0.324 e. The highest BCUT2D eigenvalue weighted by atomic mass is 16.2. The molecule has 0 bridgehead atoms. The Morgan fingerprint density at radius 3 is 2.62 bits per heavy atom. The number of anilines is 1. The van der Waals surface area contributed by atoms with Crippen molar-refractivity contribution in [1.82, 2.24) is 4.90 Å². The van der Waals surface area contributed by atoms with Crippen LogP contribution in [0.5, 0.6) is 0 Å². The van der Waals surface area contributed by atoms with E-state index in [1.165, 1.54) is 0 Å². The Balaban J connectivity index is 2.82. The number of carbonyl (C=O) groups is 1. The van der Waals surface area contributed by atoms with Crippen molar-refractivity contribution in [2.75, 3.05) is 19.4 Å². The van der Waals surface area contributed by atoms with Crippen molar-refractivity contribution < 1.29 is 4.79 Å². The molecular formula is C12H19N3O. The van der Waals surface area contributed by atoms with Gasteiger partial charge in [-0.05, 0) is 32.6 Å². The Kier molecular flexibility index (Phi) is 4.46. The molecule has 0 aliphatic rings. The summed E-state index contributed by atoms with van der Waals surface area (Å²) in [5.41, 5.74) is 7.43. The van der Waals surface area contributed by atoms with Crippen molar-refractivity contribution in [3.8, 4) is 0 Å². The van der Waals surface area contributed by atoms with Gasteiger partial charge in [0.25, 0.3) is 0 Å². The number of hydrogen-bond acceptors (Lipinski definition) is 3. The average Bonchev–Trinajstić information content (AvgIpc) is 2.20. The molecule has 0 spiro atoms. The van der Waals surface area contributed by atoms with Crippen molar-refractivity contribution in [2.24, 2.45) is 5.73 Å². The fourth-order valence-corrected chi connectivity index (χ4v) is 1.37. The quantitative estimate of drug-likeness (QED) is 0.798. The lowest BCUT2D eigenvalue weighted by Gasteiger charge is -2.15. The molecular weight excluding hydrogens is 202 g/mol. The minimum absolute atomic E-state index is 0.161.